The zero-order valence-corrected chi connectivity index (χ0v) is 29.7. The number of anilines is 1. The van der Waals surface area contributed by atoms with Gasteiger partial charge in [0.1, 0.15) is 5.52 Å². The van der Waals surface area contributed by atoms with Crippen LogP contribution in [0.2, 0.25) is 10.0 Å². The molecule has 260 valence electrons. The number of halogens is 2. The standard InChI is InChI=1S/C25H25ClN2O2.C18H10ClNO2/c26-22-15-7-14-21(24(29)27-16-17-8-2-1-3-9-17)23(22)28-25(30)20-13-6-11-18-10-4-5-12-19(18)20;19-15-10-4-9-14-16(15)20-17(22-18(14)21)13-8-3-6-11-5-1-2-7-12(11)13/h4-7,10-15,17H,1-3,8-9,16H2,(H,27,29)(H,28,30);1-10H. The Balaban J connectivity index is 0.000000169. The van der Waals surface area contributed by atoms with Gasteiger partial charge in [0.2, 0.25) is 5.89 Å². The Labute approximate surface area is 310 Å². The number of carbonyl (C=O) groups is 2. The van der Waals surface area contributed by atoms with Gasteiger partial charge in [-0.3, -0.25) is 9.59 Å². The van der Waals surface area contributed by atoms with Crippen molar-refractivity contribution in [1.29, 1.82) is 0 Å². The van der Waals surface area contributed by atoms with Crippen molar-refractivity contribution in [2.24, 2.45) is 5.92 Å². The Kier molecular flexibility index (Phi) is 10.6. The number of rotatable bonds is 6. The highest BCUT2D eigenvalue weighted by Crippen LogP contribution is 2.30. The highest BCUT2D eigenvalue weighted by molar-refractivity contribution is 6.35. The van der Waals surface area contributed by atoms with Crippen LogP contribution in [0.5, 0.6) is 0 Å². The number of benzene rings is 6. The van der Waals surface area contributed by atoms with E-state index in [1.807, 2.05) is 78.9 Å². The molecule has 2 amide bonds. The molecule has 2 N–H and O–H groups in total. The van der Waals surface area contributed by atoms with E-state index in [-0.39, 0.29) is 17.7 Å². The lowest BCUT2D eigenvalue weighted by Crippen LogP contribution is -2.31. The van der Waals surface area contributed by atoms with Crippen molar-refractivity contribution in [3.05, 3.63) is 153 Å². The molecule has 1 fully saturated rings. The number of nitrogens with one attached hydrogen (secondary N) is 2. The first-order valence-electron chi connectivity index (χ1n) is 17.3. The van der Waals surface area contributed by atoms with E-state index in [1.165, 1.54) is 19.3 Å². The van der Waals surface area contributed by atoms with Crippen LogP contribution in [0.1, 0.15) is 52.8 Å². The Morgan fingerprint density at radius 1 is 0.654 bits per heavy atom. The molecule has 0 spiro atoms. The van der Waals surface area contributed by atoms with Crippen LogP contribution in [0, 0.1) is 5.92 Å². The van der Waals surface area contributed by atoms with Crippen molar-refractivity contribution in [2.45, 2.75) is 32.1 Å². The molecule has 7 aromatic rings. The maximum atomic E-state index is 13.1. The fourth-order valence-electron chi connectivity index (χ4n) is 6.76. The van der Waals surface area contributed by atoms with Gasteiger partial charge >= 0.3 is 5.63 Å². The largest absolute Gasteiger partial charge is 0.403 e. The van der Waals surface area contributed by atoms with Crippen LogP contribution in [-0.4, -0.2) is 23.3 Å². The Morgan fingerprint density at radius 2 is 1.25 bits per heavy atom. The second kappa shape index (κ2) is 15.8. The van der Waals surface area contributed by atoms with E-state index in [0.717, 1.165) is 39.9 Å². The topological polar surface area (TPSA) is 101 Å². The molecule has 1 heterocycles. The molecule has 0 radical (unpaired) electrons. The summed E-state index contributed by atoms with van der Waals surface area (Å²) in [6.07, 6.45) is 6.04. The van der Waals surface area contributed by atoms with Crippen molar-refractivity contribution in [2.75, 3.05) is 11.9 Å². The predicted molar refractivity (Wildman–Crippen MR) is 210 cm³/mol. The molecule has 0 bridgehead atoms. The van der Waals surface area contributed by atoms with Gasteiger partial charge in [-0.2, -0.15) is 0 Å². The maximum absolute atomic E-state index is 13.1. The van der Waals surface area contributed by atoms with Crippen LogP contribution in [0.4, 0.5) is 5.69 Å². The van der Waals surface area contributed by atoms with E-state index in [9.17, 15) is 14.4 Å². The lowest BCUT2D eigenvalue weighted by Gasteiger charge is -2.22. The average molecular weight is 729 g/mol. The lowest BCUT2D eigenvalue weighted by atomic mass is 9.89. The van der Waals surface area contributed by atoms with Gasteiger partial charge in [0.15, 0.2) is 0 Å². The van der Waals surface area contributed by atoms with Crippen LogP contribution < -0.4 is 16.3 Å². The van der Waals surface area contributed by atoms with E-state index in [1.54, 1.807) is 42.5 Å². The number of carbonyl (C=O) groups excluding carboxylic acids is 2. The van der Waals surface area contributed by atoms with Crippen LogP contribution in [-0.2, 0) is 0 Å². The molecule has 8 rings (SSSR count). The summed E-state index contributed by atoms with van der Waals surface area (Å²) < 4.78 is 5.41. The van der Waals surface area contributed by atoms with Crippen LogP contribution in [0.3, 0.4) is 0 Å². The highest BCUT2D eigenvalue weighted by Gasteiger charge is 2.20. The van der Waals surface area contributed by atoms with Gasteiger partial charge < -0.3 is 15.1 Å². The van der Waals surface area contributed by atoms with Crippen molar-refractivity contribution in [3.63, 3.8) is 0 Å². The van der Waals surface area contributed by atoms with Crippen LogP contribution in [0.25, 0.3) is 43.9 Å². The summed E-state index contributed by atoms with van der Waals surface area (Å²) in [7, 11) is 0. The van der Waals surface area contributed by atoms with E-state index < -0.39 is 5.63 Å². The molecule has 1 aromatic heterocycles. The molecular formula is C43H35Cl2N3O4. The summed E-state index contributed by atoms with van der Waals surface area (Å²) in [4.78, 5) is 42.6. The van der Waals surface area contributed by atoms with E-state index in [4.69, 9.17) is 27.6 Å². The molecule has 1 aliphatic rings. The first kappa shape index (κ1) is 34.9. The minimum Gasteiger partial charge on any atom is -0.403 e. The SMILES string of the molecule is O=C(NCC1CCCCC1)c1cccc(Cl)c1NC(=O)c1cccc2ccccc12.O=c1oc(-c2cccc3ccccc23)nc2c(Cl)cccc12. The summed E-state index contributed by atoms with van der Waals surface area (Å²) in [6, 6.07) is 37.2. The summed E-state index contributed by atoms with van der Waals surface area (Å²) in [5.74, 6) is 0.301. The third-order valence-electron chi connectivity index (χ3n) is 9.44. The normalized spacial score (nSPS) is 13.0. The molecule has 7 nitrogen and oxygen atoms in total. The molecular weight excluding hydrogens is 693 g/mol. The van der Waals surface area contributed by atoms with Crippen LogP contribution in [0.15, 0.2) is 131 Å². The minimum atomic E-state index is -0.435. The van der Waals surface area contributed by atoms with E-state index in [0.29, 0.717) is 50.2 Å². The first-order chi connectivity index (χ1) is 25.4. The minimum absolute atomic E-state index is 0.212. The number of para-hydroxylation sites is 2. The van der Waals surface area contributed by atoms with Crippen LogP contribution >= 0.6 is 23.2 Å². The number of fused-ring (bicyclic) bond motifs is 3. The van der Waals surface area contributed by atoms with Crippen molar-refractivity contribution >= 4 is 73.2 Å². The van der Waals surface area contributed by atoms with Gasteiger partial charge in [0.05, 0.1) is 26.7 Å². The zero-order valence-electron chi connectivity index (χ0n) is 28.2. The van der Waals surface area contributed by atoms with Gasteiger partial charge in [-0.05, 0) is 76.7 Å². The smallest absolute Gasteiger partial charge is 0.347 e. The fourth-order valence-corrected chi connectivity index (χ4v) is 7.19. The quantitative estimate of drug-likeness (QED) is 0.178. The first-order valence-corrected chi connectivity index (χ1v) is 18.1. The van der Waals surface area contributed by atoms with Gasteiger partial charge in [-0.1, -0.05) is 127 Å². The predicted octanol–water partition coefficient (Wildman–Crippen LogP) is 10.7. The monoisotopic (exact) mass is 727 g/mol. The summed E-state index contributed by atoms with van der Waals surface area (Å²) in [6.45, 7) is 0.655. The molecule has 0 saturated heterocycles. The molecule has 9 heteroatoms. The lowest BCUT2D eigenvalue weighted by molar-refractivity contribution is 0.0944. The third-order valence-corrected chi connectivity index (χ3v) is 10.1. The van der Waals surface area contributed by atoms with Crippen molar-refractivity contribution < 1.29 is 14.0 Å². The van der Waals surface area contributed by atoms with Gasteiger partial charge in [-0.25, -0.2) is 9.78 Å². The third kappa shape index (κ3) is 7.57. The number of nitrogens with zero attached hydrogens (tertiary/aromatic N) is 1. The van der Waals surface area contributed by atoms with Gasteiger partial charge in [0.25, 0.3) is 11.8 Å². The van der Waals surface area contributed by atoms with E-state index >= 15 is 0 Å². The number of hydrogen-bond donors (Lipinski definition) is 2. The Bertz CT molecular complexity index is 2480. The highest BCUT2D eigenvalue weighted by atomic mass is 35.5. The molecule has 0 atom stereocenters. The summed E-state index contributed by atoms with van der Waals surface area (Å²) in [5.41, 5.74) is 2.07. The fraction of sp³-hybridized carbons (Fsp3) is 0.163. The molecule has 0 aliphatic heterocycles. The molecule has 52 heavy (non-hydrogen) atoms. The number of amides is 2. The van der Waals surface area contributed by atoms with Crippen molar-refractivity contribution in [3.8, 4) is 11.5 Å². The Hall–Kier alpha value is -5.50. The summed E-state index contributed by atoms with van der Waals surface area (Å²) >= 11 is 12.5. The van der Waals surface area contributed by atoms with Gasteiger partial charge in [-0.15, -0.1) is 0 Å². The van der Waals surface area contributed by atoms with Gasteiger partial charge in [0, 0.05) is 17.7 Å². The molecule has 0 unspecified atom stereocenters. The molecule has 6 aromatic carbocycles. The molecule has 1 saturated carbocycles. The van der Waals surface area contributed by atoms with E-state index in [2.05, 4.69) is 15.6 Å². The van der Waals surface area contributed by atoms with Crippen molar-refractivity contribution in [1.82, 2.24) is 10.3 Å². The average Bonchev–Trinajstić information content (AvgIpc) is 3.18. The second-order valence-electron chi connectivity index (χ2n) is 12.8. The maximum Gasteiger partial charge on any atom is 0.347 e. The number of aromatic nitrogens is 1. The summed E-state index contributed by atoms with van der Waals surface area (Å²) in [5, 5.41) is 10.9. The second-order valence-corrected chi connectivity index (χ2v) is 13.6. The Morgan fingerprint density at radius 3 is 2.04 bits per heavy atom. The molecule has 1 aliphatic carbocycles. The number of hydrogen-bond acceptors (Lipinski definition) is 5. The zero-order chi connectivity index (χ0) is 36.0.